The number of rotatable bonds is 8. The number of benzene rings is 1. The Hall–Kier alpha value is -3.27. The Morgan fingerprint density at radius 3 is 2.90 bits per heavy atom. The number of aromatic nitrogens is 3. The van der Waals surface area contributed by atoms with Crippen LogP contribution in [0.3, 0.4) is 0 Å². The van der Waals surface area contributed by atoms with Gasteiger partial charge in [-0.05, 0) is 18.2 Å². The van der Waals surface area contributed by atoms with Crippen LogP contribution in [0.1, 0.15) is 24.4 Å². The highest BCUT2D eigenvalue weighted by Gasteiger charge is 2.23. The van der Waals surface area contributed by atoms with Gasteiger partial charge in [0.05, 0.1) is 24.7 Å². The number of nitrogens with two attached hydrogens (primary N) is 1. The van der Waals surface area contributed by atoms with Crippen molar-refractivity contribution in [2.45, 2.75) is 30.6 Å². The smallest absolute Gasteiger partial charge is 0.230 e. The lowest BCUT2D eigenvalue weighted by Crippen LogP contribution is -2.33. The predicted octanol–water partition coefficient (Wildman–Crippen LogP) is 2.15. The average Bonchev–Trinajstić information content (AvgIpc) is 3.40. The van der Waals surface area contributed by atoms with Gasteiger partial charge in [0.2, 0.25) is 11.8 Å². The van der Waals surface area contributed by atoms with E-state index in [9.17, 15) is 9.59 Å². The fraction of sp³-hybridized carbons (Fsp3) is 0.300. The van der Waals surface area contributed by atoms with Gasteiger partial charge in [-0.3, -0.25) is 14.2 Å². The van der Waals surface area contributed by atoms with E-state index in [1.54, 1.807) is 16.7 Å². The highest BCUT2D eigenvalue weighted by molar-refractivity contribution is 7.99. The number of hydrogen-bond acceptors (Lipinski definition) is 7. The van der Waals surface area contributed by atoms with Gasteiger partial charge in [-0.15, -0.1) is 10.2 Å². The molecule has 1 aliphatic rings. The second-order valence-corrected chi connectivity index (χ2v) is 7.68. The topological polar surface area (TPSA) is 125 Å². The van der Waals surface area contributed by atoms with Crippen molar-refractivity contribution in [3.8, 4) is 17.3 Å². The van der Waals surface area contributed by atoms with Crippen LogP contribution < -0.4 is 15.8 Å². The Balaban J connectivity index is 1.43. The van der Waals surface area contributed by atoms with E-state index in [1.807, 2.05) is 24.3 Å². The van der Waals surface area contributed by atoms with Crippen molar-refractivity contribution in [2.75, 3.05) is 12.4 Å². The molecular weight excluding hydrogens is 406 g/mol. The van der Waals surface area contributed by atoms with Crippen LogP contribution in [-0.4, -0.2) is 38.9 Å². The molecule has 156 valence electrons. The number of nitrogens with zero attached hydrogens (tertiary/aromatic N) is 3. The van der Waals surface area contributed by atoms with Gasteiger partial charge in [-0.25, -0.2) is 0 Å². The molecule has 4 rings (SSSR count). The average molecular weight is 427 g/mol. The molecular formula is C20H21N5O4S. The van der Waals surface area contributed by atoms with Gasteiger partial charge < -0.3 is 20.2 Å². The zero-order valence-corrected chi connectivity index (χ0v) is 16.9. The molecule has 0 radical (unpaired) electrons. The summed E-state index contributed by atoms with van der Waals surface area (Å²) in [6.07, 6.45) is 2.38. The Bertz CT molecular complexity index is 1030. The van der Waals surface area contributed by atoms with Crippen LogP contribution in [-0.2, 0) is 16.1 Å². The van der Waals surface area contributed by atoms with Crippen LogP contribution in [0, 0.1) is 0 Å². The molecule has 2 amide bonds. The standard InChI is InChI=1S/C20H21N5O4S/c21-17(26)7-9-25-19(16-6-3-10-28-16)23-24-20(25)30-12-18(27)22-14-8-11-29-15-5-2-1-4-13(14)15/h1-6,10,14H,7-9,11-12H2,(H2,21,26)(H,22,27). The molecule has 1 aliphatic heterocycles. The molecule has 0 spiro atoms. The van der Waals surface area contributed by atoms with Gasteiger partial charge in [0, 0.05) is 24.9 Å². The summed E-state index contributed by atoms with van der Waals surface area (Å²) in [5.74, 6) is 1.43. The van der Waals surface area contributed by atoms with Crippen molar-refractivity contribution in [3.63, 3.8) is 0 Å². The predicted molar refractivity (Wildman–Crippen MR) is 110 cm³/mol. The number of nitrogens with one attached hydrogen (secondary N) is 1. The lowest BCUT2D eigenvalue weighted by molar-refractivity contribution is -0.119. The first-order chi connectivity index (χ1) is 14.6. The number of hydrogen-bond donors (Lipinski definition) is 2. The molecule has 3 N–H and O–H groups in total. The zero-order valence-electron chi connectivity index (χ0n) is 16.1. The van der Waals surface area contributed by atoms with Crippen molar-refractivity contribution < 1.29 is 18.7 Å². The largest absolute Gasteiger partial charge is 0.493 e. The zero-order chi connectivity index (χ0) is 20.9. The van der Waals surface area contributed by atoms with E-state index in [0.29, 0.717) is 36.3 Å². The quantitative estimate of drug-likeness (QED) is 0.528. The van der Waals surface area contributed by atoms with E-state index in [2.05, 4.69) is 15.5 Å². The summed E-state index contributed by atoms with van der Waals surface area (Å²) in [7, 11) is 0. The molecule has 3 heterocycles. The lowest BCUT2D eigenvalue weighted by atomic mass is 10.0. The van der Waals surface area contributed by atoms with Gasteiger partial charge >= 0.3 is 0 Å². The van der Waals surface area contributed by atoms with E-state index in [-0.39, 0.29) is 24.1 Å². The van der Waals surface area contributed by atoms with Gasteiger partial charge in [-0.1, -0.05) is 30.0 Å². The fourth-order valence-corrected chi connectivity index (χ4v) is 4.04. The van der Waals surface area contributed by atoms with Crippen LogP contribution in [0.4, 0.5) is 0 Å². The summed E-state index contributed by atoms with van der Waals surface area (Å²) in [4.78, 5) is 23.8. The molecule has 1 atom stereocenters. The molecule has 0 saturated heterocycles. The van der Waals surface area contributed by atoms with Crippen LogP contribution in [0.25, 0.3) is 11.6 Å². The Morgan fingerprint density at radius 2 is 2.10 bits per heavy atom. The van der Waals surface area contributed by atoms with E-state index in [0.717, 1.165) is 11.3 Å². The van der Waals surface area contributed by atoms with Crippen molar-refractivity contribution in [1.29, 1.82) is 0 Å². The molecule has 3 aromatic rings. The summed E-state index contributed by atoms with van der Waals surface area (Å²) in [5, 5.41) is 11.9. The maximum atomic E-state index is 12.6. The van der Waals surface area contributed by atoms with Gasteiger partial charge in [0.25, 0.3) is 0 Å². The maximum absolute atomic E-state index is 12.6. The van der Waals surface area contributed by atoms with Crippen molar-refractivity contribution in [1.82, 2.24) is 20.1 Å². The Morgan fingerprint density at radius 1 is 1.23 bits per heavy atom. The number of carbonyl (C=O) groups excluding carboxylic acids is 2. The lowest BCUT2D eigenvalue weighted by Gasteiger charge is -2.26. The number of thioether (sulfide) groups is 1. The van der Waals surface area contributed by atoms with Crippen molar-refractivity contribution in [3.05, 3.63) is 48.2 Å². The van der Waals surface area contributed by atoms with Crippen LogP contribution in [0.5, 0.6) is 5.75 Å². The number of para-hydroxylation sites is 1. The van der Waals surface area contributed by atoms with E-state index < -0.39 is 5.91 Å². The first-order valence-electron chi connectivity index (χ1n) is 9.51. The normalized spacial score (nSPS) is 15.3. The van der Waals surface area contributed by atoms with Crippen LogP contribution in [0.15, 0.2) is 52.2 Å². The SMILES string of the molecule is NC(=O)CCn1c(SCC(=O)NC2CCOc3ccccc32)nnc1-c1ccco1. The second-order valence-electron chi connectivity index (χ2n) is 6.74. The molecule has 0 bridgehead atoms. The minimum atomic E-state index is -0.430. The molecule has 1 unspecified atom stereocenters. The molecule has 10 heteroatoms. The van der Waals surface area contributed by atoms with Gasteiger partial charge in [-0.2, -0.15) is 0 Å². The number of fused-ring (bicyclic) bond motifs is 1. The third-order valence-corrected chi connectivity index (χ3v) is 5.63. The molecule has 2 aromatic heterocycles. The summed E-state index contributed by atoms with van der Waals surface area (Å²) in [6.45, 7) is 0.860. The number of carbonyl (C=O) groups is 2. The van der Waals surface area contributed by atoms with Gasteiger partial charge in [0.1, 0.15) is 5.75 Å². The Kier molecular flexibility index (Phi) is 6.03. The fourth-order valence-electron chi connectivity index (χ4n) is 3.27. The minimum Gasteiger partial charge on any atom is -0.493 e. The first-order valence-corrected chi connectivity index (χ1v) is 10.5. The summed E-state index contributed by atoms with van der Waals surface area (Å²) >= 11 is 1.25. The van der Waals surface area contributed by atoms with Gasteiger partial charge in [0.15, 0.2) is 16.7 Å². The molecule has 1 aromatic carbocycles. The molecule has 9 nitrogen and oxygen atoms in total. The maximum Gasteiger partial charge on any atom is 0.230 e. The van der Waals surface area contributed by atoms with E-state index in [4.69, 9.17) is 14.9 Å². The van der Waals surface area contributed by atoms with Crippen molar-refractivity contribution >= 4 is 23.6 Å². The molecule has 0 fully saturated rings. The molecule has 30 heavy (non-hydrogen) atoms. The number of ether oxygens (including phenoxy) is 1. The summed E-state index contributed by atoms with van der Waals surface area (Å²) in [5.41, 5.74) is 6.27. The summed E-state index contributed by atoms with van der Waals surface area (Å²) < 4.78 is 12.8. The van der Waals surface area contributed by atoms with Crippen LogP contribution in [0.2, 0.25) is 0 Å². The number of primary amides is 1. The van der Waals surface area contributed by atoms with Crippen molar-refractivity contribution in [2.24, 2.45) is 5.73 Å². The minimum absolute atomic E-state index is 0.0885. The Labute approximate surface area is 177 Å². The highest BCUT2D eigenvalue weighted by Crippen LogP contribution is 2.31. The van der Waals surface area contributed by atoms with E-state index >= 15 is 0 Å². The molecule has 0 saturated carbocycles. The second kappa shape index (κ2) is 9.04. The van der Waals surface area contributed by atoms with E-state index in [1.165, 1.54) is 18.0 Å². The van der Waals surface area contributed by atoms with Crippen LogP contribution >= 0.6 is 11.8 Å². The first kappa shape index (κ1) is 20.0. The monoisotopic (exact) mass is 427 g/mol. The highest BCUT2D eigenvalue weighted by atomic mass is 32.2. The number of furan rings is 1. The summed E-state index contributed by atoms with van der Waals surface area (Å²) in [6, 6.07) is 11.1. The third-order valence-electron chi connectivity index (χ3n) is 4.67. The number of amides is 2. The third kappa shape index (κ3) is 4.48. The molecule has 0 aliphatic carbocycles.